The van der Waals surface area contributed by atoms with Gasteiger partial charge in [0.15, 0.2) is 0 Å². The summed E-state index contributed by atoms with van der Waals surface area (Å²) in [4.78, 5) is 7.36. The summed E-state index contributed by atoms with van der Waals surface area (Å²) in [6.45, 7) is 4.37. The molecule has 2 heterocycles. The summed E-state index contributed by atoms with van der Waals surface area (Å²) in [5.41, 5.74) is 2.11. The van der Waals surface area contributed by atoms with Gasteiger partial charge in [-0.05, 0) is 24.0 Å². The molecule has 0 radical (unpaired) electrons. The van der Waals surface area contributed by atoms with Crippen LogP contribution >= 0.6 is 11.6 Å². The Morgan fingerprint density at radius 3 is 3.07 bits per heavy atom. The summed E-state index contributed by atoms with van der Waals surface area (Å²) in [6, 6.07) is 2.12. The molecule has 0 saturated carbocycles. The van der Waals surface area contributed by atoms with Crippen LogP contribution in [0.1, 0.15) is 31.7 Å². The van der Waals surface area contributed by atoms with Crippen LogP contribution in [0.3, 0.4) is 0 Å². The van der Waals surface area contributed by atoms with Gasteiger partial charge in [0.05, 0.1) is 5.02 Å². The third-order valence-electron chi connectivity index (χ3n) is 2.68. The molecule has 0 aliphatic rings. The summed E-state index contributed by atoms with van der Waals surface area (Å²) in [6.07, 6.45) is 4.82. The van der Waals surface area contributed by atoms with Crippen molar-refractivity contribution >= 4 is 22.6 Å². The average molecular weight is 209 g/mol. The quantitative estimate of drug-likeness (QED) is 0.801. The van der Waals surface area contributed by atoms with Crippen molar-refractivity contribution in [3.05, 3.63) is 29.0 Å². The van der Waals surface area contributed by atoms with E-state index in [0.717, 1.165) is 22.5 Å². The fourth-order valence-electron chi connectivity index (χ4n) is 1.49. The molecule has 74 valence electrons. The first kappa shape index (κ1) is 9.53. The summed E-state index contributed by atoms with van der Waals surface area (Å²) in [5.74, 6) is 0.540. The van der Waals surface area contributed by atoms with Gasteiger partial charge in [0.25, 0.3) is 0 Å². The molecule has 0 spiro atoms. The van der Waals surface area contributed by atoms with Crippen molar-refractivity contribution in [2.24, 2.45) is 0 Å². The second-order valence-electron chi connectivity index (χ2n) is 3.61. The lowest BCUT2D eigenvalue weighted by Crippen LogP contribution is -1.92. The number of pyridine rings is 1. The van der Waals surface area contributed by atoms with Gasteiger partial charge in [0.2, 0.25) is 0 Å². The number of fused-ring (bicyclic) bond motifs is 1. The van der Waals surface area contributed by atoms with E-state index in [1.165, 1.54) is 5.56 Å². The van der Waals surface area contributed by atoms with Crippen LogP contribution < -0.4 is 0 Å². The second-order valence-corrected chi connectivity index (χ2v) is 4.02. The molecule has 3 heteroatoms. The Morgan fingerprint density at radius 2 is 2.36 bits per heavy atom. The highest BCUT2D eigenvalue weighted by molar-refractivity contribution is 6.35. The van der Waals surface area contributed by atoms with Crippen molar-refractivity contribution < 1.29 is 0 Å². The molecule has 1 unspecified atom stereocenters. The molecule has 1 N–H and O–H groups in total. The molecule has 0 aliphatic heterocycles. The molecule has 0 amide bonds. The van der Waals surface area contributed by atoms with E-state index >= 15 is 0 Å². The van der Waals surface area contributed by atoms with Crippen molar-refractivity contribution in [2.75, 3.05) is 0 Å². The van der Waals surface area contributed by atoms with Gasteiger partial charge in [0.1, 0.15) is 5.65 Å². The topological polar surface area (TPSA) is 28.7 Å². The van der Waals surface area contributed by atoms with Crippen LogP contribution in [-0.4, -0.2) is 9.97 Å². The van der Waals surface area contributed by atoms with Crippen LogP contribution in [0.5, 0.6) is 0 Å². The molecule has 0 aromatic carbocycles. The molecule has 2 aromatic rings. The molecular formula is C11H13ClN2. The lowest BCUT2D eigenvalue weighted by Gasteiger charge is -2.07. The van der Waals surface area contributed by atoms with Crippen molar-refractivity contribution in [2.45, 2.75) is 26.2 Å². The predicted octanol–water partition coefficient (Wildman–Crippen LogP) is 3.73. The summed E-state index contributed by atoms with van der Waals surface area (Å²) in [5, 5.41) is 1.77. The maximum absolute atomic E-state index is 6.02. The Kier molecular flexibility index (Phi) is 2.46. The monoisotopic (exact) mass is 208 g/mol. The smallest absolute Gasteiger partial charge is 0.138 e. The van der Waals surface area contributed by atoms with Crippen LogP contribution in [0.4, 0.5) is 0 Å². The van der Waals surface area contributed by atoms with E-state index in [9.17, 15) is 0 Å². The van der Waals surface area contributed by atoms with E-state index in [2.05, 4.69) is 29.9 Å². The van der Waals surface area contributed by atoms with Gasteiger partial charge in [0, 0.05) is 17.8 Å². The van der Waals surface area contributed by atoms with Gasteiger partial charge in [-0.25, -0.2) is 4.98 Å². The Balaban J connectivity index is 2.54. The molecule has 1 atom stereocenters. The Morgan fingerprint density at radius 1 is 1.57 bits per heavy atom. The maximum atomic E-state index is 6.02. The Hall–Kier alpha value is -1.02. The van der Waals surface area contributed by atoms with Gasteiger partial charge < -0.3 is 4.98 Å². The highest BCUT2D eigenvalue weighted by atomic mass is 35.5. The van der Waals surface area contributed by atoms with Gasteiger partial charge in [-0.1, -0.05) is 25.4 Å². The molecule has 14 heavy (non-hydrogen) atoms. The number of nitrogens with zero attached hydrogens (tertiary/aromatic N) is 1. The fourth-order valence-corrected chi connectivity index (χ4v) is 1.69. The Bertz CT molecular complexity index is 447. The molecule has 0 bridgehead atoms. The number of nitrogens with one attached hydrogen (secondary N) is 1. The zero-order chi connectivity index (χ0) is 10.1. The molecule has 0 saturated heterocycles. The second kappa shape index (κ2) is 3.62. The summed E-state index contributed by atoms with van der Waals surface area (Å²) >= 11 is 6.02. The lowest BCUT2D eigenvalue weighted by molar-refractivity contribution is 0.731. The minimum Gasteiger partial charge on any atom is -0.345 e. The van der Waals surface area contributed by atoms with Gasteiger partial charge in [-0.3, -0.25) is 0 Å². The fraction of sp³-hybridized carbons (Fsp3) is 0.364. The predicted molar refractivity (Wildman–Crippen MR) is 59.8 cm³/mol. The number of aromatic nitrogens is 2. The van der Waals surface area contributed by atoms with E-state index in [1.54, 1.807) is 6.20 Å². The number of hydrogen-bond acceptors (Lipinski definition) is 1. The molecule has 2 nitrogen and oxygen atoms in total. The highest BCUT2D eigenvalue weighted by Gasteiger charge is 2.07. The van der Waals surface area contributed by atoms with Gasteiger partial charge >= 0.3 is 0 Å². The average Bonchev–Trinajstić information content (AvgIpc) is 2.59. The summed E-state index contributed by atoms with van der Waals surface area (Å²) < 4.78 is 0. The van der Waals surface area contributed by atoms with Gasteiger partial charge in [-0.2, -0.15) is 0 Å². The minimum absolute atomic E-state index is 0.540. The first-order chi connectivity index (χ1) is 6.72. The molecular weight excluding hydrogens is 196 g/mol. The van der Waals surface area contributed by atoms with Crippen LogP contribution in [0.25, 0.3) is 11.0 Å². The van der Waals surface area contributed by atoms with Crippen molar-refractivity contribution in [1.82, 2.24) is 9.97 Å². The number of halogens is 1. The standard InChI is InChI=1S/C11H13ClN2/c1-3-7(2)8-4-9-10(12)6-14-11(9)13-5-8/h4-7H,3H2,1-2H3,(H,13,14). The van der Waals surface area contributed by atoms with Crippen LogP contribution in [-0.2, 0) is 0 Å². The van der Waals surface area contributed by atoms with E-state index in [0.29, 0.717) is 5.92 Å². The van der Waals surface area contributed by atoms with Crippen molar-refractivity contribution in [3.63, 3.8) is 0 Å². The lowest BCUT2D eigenvalue weighted by atomic mass is 10.00. The highest BCUT2D eigenvalue weighted by Crippen LogP contribution is 2.26. The zero-order valence-corrected chi connectivity index (χ0v) is 9.10. The number of rotatable bonds is 2. The number of H-pyrrole nitrogens is 1. The van der Waals surface area contributed by atoms with Crippen LogP contribution in [0, 0.1) is 0 Å². The molecule has 2 rings (SSSR count). The number of hydrogen-bond donors (Lipinski definition) is 1. The van der Waals surface area contributed by atoms with E-state index in [1.807, 2.05) is 6.20 Å². The molecule has 0 fully saturated rings. The minimum atomic E-state index is 0.540. The molecule has 0 aliphatic carbocycles. The Labute approximate surface area is 88.3 Å². The largest absolute Gasteiger partial charge is 0.345 e. The third kappa shape index (κ3) is 1.50. The SMILES string of the molecule is CCC(C)c1cnc2[nH]cc(Cl)c2c1. The van der Waals surface area contributed by atoms with Crippen LogP contribution in [0.2, 0.25) is 5.02 Å². The molecule has 2 aromatic heterocycles. The maximum Gasteiger partial charge on any atom is 0.138 e. The van der Waals surface area contributed by atoms with Crippen LogP contribution in [0.15, 0.2) is 18.5 Å². The van der Waals surface area contributed by atoms with Crippen molar-refractivity contribution in [1.29, 1.82) is 0 Å². The van der Waals surface area contributed by atoms with Crippen molar-refractivity contribution in [3.8, 4) is 0 Å². The van der Waals surface area contributed by atoms with E-state index in [4.69, 9.17) is 11.6 Å². The third-order valence-corrected chi connectivity index (χ3v) is 3.00. The normalized spacial score (nSPS) is 13.4. The number of aromatic amines is 1. The first-order valence-electron chi connectivity index (χ1n) is 4.85. The van der Waals surface area contributed by atoms with Gasteiger partial charge in [-0.15, -0.1) is 0 Å². The first-order valence-corrected chi connectivity index (χ1v) is 5.22. The van der Waals surface area contributed by atoms with E-state index in [-0.39, 0.29) is 0 Å². The summed E-state index contributed by atoms with van der Waals surface area (Å²) in [7, 11) is 0. The van der Waals surface area contributed by atoms with E-state index < -0.39 is 0 Å². The zero-order valence-electron chi connectivity index (χ0n) is 8.34.